The van der Waals surface area contributed by atoms with Crippen LogP contribution in [0.1, 0.15) is 29.9 Å². The van der Waals surface area contributed by atoms with Crippen molar-refractivity contribution in [3.05, 3.63) is 78.7 Å². The van der Waals surface area contributed by atoms with Crippen LogP contribution < -0.4 is 4.74 Å². The zero-order chi connectivity index (χ0) is 16.9. The maximum atomic E-state index is 5.90. The lowest BCUT2D eigenvalue weighted by Gasteiger charge is -2.21. The Bertz CT molecular complexity index is 826. The van der Waals surface area contributed by atoms with Crippen molar-refractivity contribution in [3.63, 3.8) is 0 Å². The standard InChI is InChI=1S/C22H21NO2/c1-3-17(15-23-10-1)9-12-25-22-8-7-18-13-19(5-6-20(18)14-22)21-4-2-11-24-16-21/h1,3,5-8,10,13-15,21H,2,4,9,11-12H2. The van der Waals surface area contributed by atoms with Gasteiger partial charge in [0.25, 0.3) is 0 Å². The van der Waals surface area contributed by atoms with E-state index in [-0.39, 0.29) is 5.92 Å². The van der Waals surface area contributed by atoms with E-state index < -0.39 is 0 Å². The molecule has 3 heteroatoms. The third-order valence-corrected chi connectivity index (χ3v) is 4.59. The maximum absolute atomic E-state index is 5.90. The van der Waals surface area contributed by atoms with Gasteiger partial charge in [0, 0.05) is 31.3 Å². The summed E-state index contributed by atoms with van der Waals surface area (Å²) >= 11 is 0. The van der Waals surface area contributed by atoms with Crippen molar-refractivity contribution in [2.45, 2.75) is 25.2 Å². The predicted octanol–water partition coefficient (Wildman–Crippen LogP) is 4.79. The molecule has 2 heterocycles. The van der Waals surface area contributed by atoms with Crippen molar-refractivity contribution >= 4 is 10.8 Å². The molecule has 1 fully saturated rings. The van der Waals surface area contributed by atoms with E-state index in [1.807, 2.05) is 18.3 Å². The highest BCUT2D eigenvalue weighted by Crippen LogP contribution is 2.31. The average molecular weight is 331 g/mol. The number of rotatable bonds is 5. The molecule has 1 aliphatic heterocycles. The molecule has 126 valence electrons. The second-order valence-corrected chi connectivity index (χ2v) is 6.39. The summed E-state index contributed by atoms with van der Waals surface area (Å²) < 4.78 is 11.3. The van der Waals surface area contributed by atoms with Crippen LogP contribution in [0.4, 0.5) is 0 Å². The van der Waals surface area contributed by atoms with Gasteiger partial charge in [-0.05, 0) is 52.9 Å². The highest BCUT2D eigenvalue weighted by molar-refractivity contribution is 5.84. The summed E-state index contributed by atoms with van der Waals surface area (Å²) in [5.41, 5.74) is 2.47. The predicted molar refractivity (Wildman–Crippen MR) is 98.6 cm³/mol. The Hall–Kier alpha value is -2.39. The van der Waals surface area contributed by atoms with E-state index >= 15 is 0 Å². The fraction of sp³-hybridized carbons (Fsp3) is 0.273. The van der Waals surface area contributed by atoms with Crippen molar-refractivity contribution in [1.29, 1.82) is 0 Å². The number of nitrogens with zero attached hydrogens (tertiary/aromatic N) is 1. The van der Waals surface area contributed by atoms with E-state index in [2.05, 4.69) is 48.0 Å². The molecule has 1 unspecified atom stereocenters. The van der Waals surface area contributed by atoms with Crippen molar-refractivity contribution in [2.75, 3.05) is 13.2 Å². The monoisotopic (exact) mass is 331 g/mol. The van der Waals surface area contributed by atoms with Crippen LogP contribution in [0, 0.1) is 6.61 Å². The van der Waals surface area contributed by atoms with E-state index in [1.165, 1.54) is 21.9 Å². The van der Waals surface area contributed by atoms with Gasteiger partial charge >= 0.3 is 0 Å². The molecular formula is C22H21NO2. The van der Waals surface area contributed by atoms with Gasteiger partial charge in [0.1, 0.15) is 12.4 Å². The van der Waals surface area contributed by atoms with E-state index in [4.69, 9.17) is 9.47 Å². The molecular weight excluding hydrogens is 310 g/mol. The first-order valence-corrected chi connectivity index (χ1v) is 8.81. The topological polar surface area (TPSA) is 31.4 Å². The number of ether oxygens (including phenoxy) is 2. The van der Waals surface area contributed by atoms with E-state index in [9.17, 15) is 0 Å². The summed E-state index contributed by atoms with van der Waals surface area (Å²) in [6.45, 7) is 4.57. The van der Waals surface area contributed by atoms with E-state index in [0.717, 1.165) is 31.6 Å². The average Bonchev–Trinajstić information content (AvgIpc) is 2.69. The first-order chi connectivity index (χ1) is 12.4. The number of hydrogen-bond donors (Lipinski definition) is 0. The number of aromatic nitrogens is 1. The first-order valence-electron chi connectivity index (χ1n) is 8.81. The minimum Gasteiger partial charge on any atom is -0.493 e. The molecule has 2 aromatic carbocycles. The van der Waals surface area contributed by atoms with Crippen molar-refractivity contribution in [3.8, 4) is 5.75 Å². The Morgan fingerprint density at radius 2 is 2.04 bits per heavy atom. The van der Waals surface area contributed by atoms with Crippen LogP contribution in [0.15, 0.2) is 60.9 Å². The molecule has 25 heavy (non-hydrogen) atoms. The quantitative estimate of drug-likeness (QED) is 0.673. The van der Waals surface area contributed by atoms with Crippen LogP contribution >= 0.6 is 0 Å². The highest BCUT2D eigenvalue weighted by Gasteiger charge is 2.17. The normalized spacial score (nSPS) is 17.5. The summed E-state index contributed by atoms with van der Waals surface area (Å²) in [5.74, 6) is 1.19. The van der Waals surface area contributed by atoms with E-state index in [1.54, 1.807) is 6.20 Å². The fourth-order valence-electron chi connectivity index (χ4n) is 3.19. The second kappa shape index (κ2) is 7.66. The summed E-state index contributed by atoms with van der Waals surface area (Å²) in [4.78, 5) is 4.13. The van der Waals surface area contributed by atoms with Gasteiger partial charge in [-0.15, -0.1) is 0 Å². The maximum Gasteiger partial charge on any atom is 0.140 e. The Balaban J connectivity index is 1.43. The molecule has 0 saturated carbocycles. The molecule has 0 aliphatic carbocycles. The summed E-state index contributed by atoms with van der Waals surface area (Å²) in [5, 5.41) is 2.42. The molecule has 1 aromatic heterocycles. The third-order valence-electron chi connectivity index (χ3n) is 4.59. The van der Waals surface area contributed by atoms with Gasteiger partial charge in [0.2, 0.25) is 0 Å². The van der Waals surface area contributed by atoms with Gasteiger partial charge in [-0.3, -0.25) is 4.98 Å². The van der Waals surface area contributed by atoms with Gasteiger partial charge in [-0.25, -0.2) is 0 Å². The van der Waals surface area contributed by atoms with Gasteiger partial charge < -0.3 is 9.47 Å². The highest BCUT2D eigenvalue weighted by atomic mass is 16.5. The van der Waals surface area contributed by atoms with Crippen LogP contribution in [0.25, 0.3) is 10.8 Å². The molecule has 3 aromatic rings. The molecule has 0 bridgehead atoms. The largest absolute Gasteiger partial charge is 0.493 e. The van der Waals surface area contributed by atoms with Crippen LogP contribution in [0.2, 0.25) is 0 Å². The van der Waals surface area contributed by atoms with Crippen LogP contribution in [0.3, 0.4) is 0 Å². The molecule has 1 atom stereocenters. The van der Waals surface area contributed by atoms with Gasteiger partial charge in [0.15, 0.2) is 0 Å². The minimum atomic E-state index is 0.286. The van der Waals surface area contributed by atoms with Gasteiger partial charge in [-0.2, -0.15) is 0 Å². The zero-order valence-electron chi connectivity index (χ0n) is 14.2. The SMILES string of the molecule is [C]1OCCCC1c1ccc2cc(OCCc3cccnc3)ccc2c1. The Morgan fingerprint density at radius 3 is 2.88 bits per heavy atom. The lowest BCUT2D eigenvalue weighted by molar-refractivity contribution is 0.140. The number of hydrogen-bond acceptors (Lipinski definition) is 3. The Morgan fingerprint density at radius 1 is 1.12 bits per heavy atom. The smallest absolute Gasteiger partial charge is 0.140 e. The number of benzene rings is 2. The molecule has 3 nitrogen and oxygen atoms in total. The molecule has 4 rings (SSSR count). The van der Waals surface area contributed by atoms with Crippen molar-refractivity contribution < 1.29 is 9.47 Å². The molecule has 0 spiro atoms. The number of pyridine rings is 1. The summed E-state index contributed by atoms with van der Waals surface area (Å²) in [7, 11) is 0. The first kappa shape index (κ1) is 16.1. The van der Waals surface area contributed by atoms with Crippen LogP contribution in [-0.4, -0.2) is 18.2 Å². The summed E-state index contributed by atoms with van der Waals surface area (Å²) in [6.07, 6.45) is 6.74. The number of fused-ring (bicyclic) bond motifs is 1. The zero-order valence-corrected chi connectivity index (χ0v) is 14.2. The van der Waals surface area contributed by atoms with Crippen LogP contribution in [-0.2, 0) is 11.2 Å². The minimum absolute atomic E-state index is 0.286. The second-order valence-electron chi connectivity index (χ2n) is 6.39. The molecule has 1 aliphatic rings. The molecule has 0 N–H and O–H groups in total. The molecule has 1 saturated heterocycles. The Kier molecular flexibility index (Phi) is 4.93. The lowest BCUT2D eigenvalue weighted by Crippen LogP contribution is -2.10. The van der Waals surface area contributed by atoms with Crippen molar-refractivity contribution in [2.24, 2.45) is 0 Å². The fourth-order valence-corrected chi connectivity index (χ4v) is 3.19. The van der Waals surface area contributed by atoms with E-state index in [0.29, 0.717) is 6.61 Å². The summed E-state index contributed by atoms with van der Waals surface area (Å²) in [6, 6.07) is 16.9. The molecule has 2 radical (unpaired) electrons. The van der Waals surface area contributed by atoms with Crippen LogP contribution in [0.5, 0.6) is 5.75 Å². The van der Waals surface area contributed by atoms with Crippen molar-refractivity contribution in [1.82, 2.24) is 4.98 Å². The third kappa shape index (κ3) is 3.99. The Labute approximate surface area is 148 Å². The van der Waals surface area contributed by atoms with Gasteiger partial charge in [0.05, 0.1) is 6.61 Å². The van der Waals surface area contributed by atoms with Gasteiger partial charge in [-0.1, -0.05) is 30.3 Å². The lowest BCUT2D eigenvalue weighted by atomic mass is 9.92. The molecule has 0 amide bonds.